The zero-order chi connectivity index (χ0) is 33.4. The molecular weight excluding hydrogens is 552 g/mol. The van der Waals surface area contributed by atoms with Crippen molar-refractivity contribution in [2.45, 2.75) is 93.9 Å². The number of allylic oxidation sites excluding steroid dienone is 7. The maximum Gasteiger partial charge on any atom is 0.184 e. The number of aliphatic hydroxyl groups excluding tert-OH is 1. The Bertz CT molecular complexity index is 1480. The summed E-state index contributed by atoms with van der Waals surface area (Å²) >= 11 is 0. The van der Waals surface area contributed by atoms with Crippen LogP contribution in [0.1, 0.15) is 99.5 Å². The Morgan fingerprint density at radius 3 is 2.09 bits per heavy atom. The van der Waals surface area contributed by atoms with Crippen LogP contribution in [-0.2, 0) is 14.4 Å². The van der Waals surface area contributed by atoms with Crippen LogP contribution in [0, 0.1) is 28.1 Å². The third-order valence-electron chi connectivity index (χ3n) is 10.1. The van der Waals surface area contributed by atoms with Crippen LogP contribution in [0.4, 0.5) is 0 Å². The molecular formula is C38H50O6. The number of hydrogen-bond acceptors (Lipinski definition) is 6. The van der Waals surface area contributed by atoms with Crippen molar-refractivity contribution in [3.05, 3.63) is 76.9 Å². The lowest BCUT2D eigenvalue weighted by Gasteiger charge is -2.60. The van der Waals surface area contributed by atoms with Crippen molar-refractivity contribution >= 4 is 23.1 Å². The molecule has 3 N–H and O–H groups in total. The Hall–Kier alpha value is -3.67. The molecule has 6 heteroatoms. The van der Waals surface area contributed by atoms with Crippen LogP contribution < -0.4 is 0 Å². The zero-order valence-electron chi connectivity index (χ0n) is 27.8. The van der Waals surface area contributed by atoms with Crippen LogP contribution in [0.5, 0.6) is 11.5 Å². The minimum Gasteiger partial charge on any atom is -0.506 e. The summed E-state index contributed by atoms with van der Waals surface area (Å²) in [6, 6.07) is 3.64. The Labute approximate surface area is 263 Å². The lowest BCUT2D eigenvalue weighted by atomic mass is 9.38. The number of benzene rings is 1. The molecule has 2 fully saturated rings. The molecule has 1 aromatic carbocycles. The Morgan fingerprint density at radius 2 is 1.57 bits per heavy atom. The Balaban J connectivity index is 2.45. The van der Waals surface area contributed by atoms with Gasteiger partial charge in [0.1, 0.15) is 16.7 Å². The molecule has 44 heavy (non-hydrogen) atoms. The van der Waals surface area contributed by atoms with E-state index in [0.717, 1.165) is 28.4 Å². The van der Waals surface area contributed by atoms with Crippen LogP contribution >= 0.6 is 0 Å². The van der Waals surface area contributed by atoms with Crippen molar-refractivity contribution in [2.75, 3.05) is 0 Å². The molecule has 4 atom stereocenters. The lowest BCUT2D eigenvalue weighted by Crippen LogP contribution is -2.69. The molecule has 0 aromatic heterocycles. The van der Waals surface area contributed by atoms with E-state index in [0.29, 0.717) is 19.3 Å². The minimum absolute atomic E-state index is 0.00886. The van der Waals surface area contributed by atoms with E-state index in [1.54, 1.807) is 0 Å². The van der Waals surface area contributed by atoms with Crippen LogP contribution in [0.3, 0.4) is 0 Å². The van der Waals surface area contributed by atoms with E-state index in [-0.39, 0.29) is 42.4 Å². The highest BCUT2D eigenvalue weighted by Crippen LogP contribution is 2.66. The highest BCUT2D eigenvalue weighted by Gasteiger charge is 2.74. The normalized spacial score (nSPS) is 26.1. The summed E-state index contributed by atoms with van der Waals surface area (Å²) in [6.45, 7) is 23.8. The first kappa shape index (κ1) is 34.8. The van der Waals surface area contributed by atoms with Gasteiger partial charge in [-0.15, -0.1) is 6.58 Å². The van der Waals surface area contributed by atoms with E-state index >= 15 is 4.79 Å². The maximum absolute atomic E-state index is 15.2. The molecule has 0 unspecified atom stereocenters. The standard InChI is InChI=1S/C38H50O6/c1-22(2)11-13-27(25(7)8)20-37-21-28(15-12-23(3)4)36(9,10)38(35(37)44,18-17-24(5)6)34(43)31(33(37)42)32(41)26-14-16-29(39)30(40)19-26/h12,14,16-17,19,27-28,39-41H,1,7,11,13,15,18,20-21H2,2-6,8-10H3/t27-,28-,37-,38+/m1/s1. The summed E-state index contributed by atoms with van der Waals surface area (Å²) < 4.78 is 0. The summed E-state index contributed by atoms with van der Waals surface area (Å²) in [6.07, 6.45) is 6.46. The van der Waals surface area contributed by atoms with E-state index in [2.05, 4.69) is 19.2 Å². The van der Waals surface area contributed by atoms with Gasteiger partial charge in [0.05, 0.1) is 5.41 Å². The lowest BCUT2D eigenvalue weighted by molar-refractivity contribution is -0.177. The first-order chi connectivity index (χ1) is 20.3. The highest BCUT2D eigenvalue weighted by atomic mass is 16.3. The van der Waals surface area contributed by atoms with Gasteiger partial charge in [0.25, 0.3) is 0 Å². The van der Waals surface area contributed by atoms with Crippen molar-refractivity contribution in [1.82, 2.24) is 0 Å². The van der Waals surface area contributed by atoms with Crippen molar-refractivity contribution in [2.24, 2.45) is 28.1 Å². The summed E-state index contributed by atoms with van der Waals surface area (Å²) in [7, 11) is 0. The van der Waals surface area contributed by atoms with Crippen molar-refractivity contribution < 1.29 is 29.7 Å². The van der Waals surface area contributed by atoms with Gasteiger partial charge in [-0.1, -0.05) is 54.9 Å². The third-order valence-corrected chi connectivity index (χ3v) is 10.1. The fourth-order valence-electron chi connectivity index (χ4n) is 7.19. The topological polar surface area (TPSA) is 112 Å². The Kier molecular flexibility index (Phi) is 10.1. The SMILES string of the molecule is C=C(C)CC[C@H](C[C@@]12C[C@@H](CC=C(C)C)C(C)(C)[C@@](CC=C(C)C)(C(=O)C(=C(O)c3ccc(O)c(O)c3)C1=O)C2=O)C(=C)C. The first-order valence-electron chi connectivity index (χ1n) is 15.5. The molecule has 6 nitrogen and oxygen atoms in total. The van der Waals surface area contributed by atoms with E-state index in [9.17, 15) is 24.9 Å². The van der Waals surface area contributed by atoms with Crippen LogP contribution in [0.2, 0.25) is 0 Å². The smallest absolute Gasteiger partial charge is 0.184 e. The third kappa shape index (κ3) is 6.00. The molecule has 1 aromatic rings. The molecule has 2 bridgehead atoms. The summed E-state index contributed by atoms with van der Waals surface area (Å²) in [5.41, 5.74) is -0.587. The molecule has 2 aliphatic carbocycles. The molecule has 3 rings (SSSR count). The average Bonchev–Trinajstić information content (AvgIpc) is 2.91. The summed E-state index contributed by atoms with van der Waals surface area (Å²) in [5.74, 6) is -3.61. The van der Waals surface area contributed by atoms with Gasteiger partial charge in [-0.05, 0) is 116 Å². The molecule has 238 valence electrons. The second-order valence-corrected chi connectivity index (χ2v) is 14.3. The van der Waals surface area contributed by atoms with Gasteiger partial charge in [0, 0.05) is 5.56 Å². The van der Waals surface area contributed by atoms with Crippen molar-refractivity contribution in [1.29, 1.82) is 0 Å². The second kappa shape index (κ2) is 12.7. The Morgan fingerprint density at radius 1 is 0.955 bits per heavy atom. The van der Waals surface area contributed by atoms with Gasteiger partial charge in [-0.3, -0.25) is 14.4 Å². The van der Waals surface area contributed by atoms with Gasteiger partial charge in [0.2, 0.25) is 0 Å². The molecule has 2 saturated carbocycles. The number of fused-ring (bicyclic) bond motifs is 2. The molecule has 2 aliphatic rings. The number of rotatable bonds is 11. The number of hydrogen-bond donors (Lipinski definition) is 3. The van der Waals surface area contributed by atoms with Crippen molar-refractivity contribution in [3.8, 4) is 11.5 Å². The highest BCUT2D eigenvalue weighted by molar-refractivity contribution is 6.41. The minimum atomic E-state index is -1.62. The second-order valence-electron chi connectivity index (χ2n) is 14.3. The van der Waals surface area contributed by atoms with Crippen LogP contribution in [0.25, 0.3) is 5.76 Å². The van der Waals surface area contributed by atoms with E-state index in [1.807, 2.05) is 61.5 Å². The van der Waals surface area contributed by atoms with E-state index in [4.69, 9.17) is 0 Å². The number of phenolic OH excluding ortho intramolecular Hbond substituents is 2. The molecule has 0 aliphatic heterocycles. The van der Waals surface area contributed by atoms with Crippen molar-refractivity contribution in [3.63, 3.8) is 0 Å². The number of aromatic hydroxyl groups is 2. The van der Waals surface area contributed by atoms with E-state index in [1.165, 1.54) is 12.1 Å². The average molecular weight is 603 g/mol. The first-order valence-corrected chi connectivity index (χ1v) is 15.5. The maximum atomic E-state index is 15.2. The van der Waals surface area contributed by atoms with Gasteiger partial charge < -0.3 is 15.3 Å². The largest absolute Gasteiger partial charge is 0.506 e. The number of phenols is 2. The zero-order valence-corrected chi connectivity index (χ0v) is 27.8. The number of carbonyl (C=O) groups is 3. The summed E-state index contributed by atoms with van der Waals surface area (Å²) in [4.78, 5) is 44.9. The number of aliphatic hydroxyl groups is 1. The molecule has 0 spiro atoms. The van der Waals surface area contributed by atoms with Gasteiger partial charge >= 0.3 is 0 Å². The quantitative estimate of drug-likeness (QED) is 0.0583. The number of ketones is 3. The predicted octanol–water partition coefficient (Wildman–Crippen LogP) is 8.76. The molecule has 0 saturated heterocycles. The fraction of sp³-hybridized carbons (Fsp3) is 0.500. The number of Topliss-reactive ketones (excluding diaryl/α,β-unsaturated/α-hetero) is 3. The number of carbonyl (C=O) groups excluding carboxylic acids is 3. The molecule has 0 heterocycles. The molecule has 0 amide bonds. The van der Waals surface area contributed by atoms with Crippen LogP contribution in [0.15, 0.2) is 71.4 Å². The van der Waals surface area contributed by atoms with Gasteiger partial charge in [-0.25, -0.2) is 0 Å². The van der Waals surface area contributed by atoms with Gasteiger partial charge in [0.15, 0.2) is 28.8 Å². The summed E-state index contributed by atoms with van der Waals surface area (Å²) in [5, 5.41) is 31.7. The fourth-order valence-corrected chi connectivity index (χ4v) is 7.19. The van der Waals surface area contributed by atoms with Gasteiger partial charge in [-0.2, -0.15) is 0 Å². The van der Waals surface area contributed by atoms with Crippen LogP contribution in [-0.4, -0.2) is 32.7 Å². The predicted molar refractivity (Wildman–Crippen MR) is 176 cm³/mol. The molecule has 0 radical (unpaired) electrons. The monoisotopic (exact) mass is 602 g/mol. The van der Waals surface area contributed by atoms with E-state index < -0.39 is 50.6 Å².